The lowest BCUT2D eigenvalue weighted by molar-refractivity contribution is -0.116. The van der Waals surface area contributed by atoms with Gasteiger partial charge in [-0.3, -0.25) is 4.79 Å². The molecule has 0 radical (unpaired) electrons. The van der Waals surface area contributed by atoms with E-state index in [0.29, 0.717) is 48.4 Å². The van der Waals surface area contributed by atoms with Crippen molar-refractivity contribution in [2.24, 2.45) is 4.99 Å². The maximum atomic E-state index is 12.1. The number of amides is 1. The number of carbonyl (C=O) groups excluding carboxylic acids is 1. The number of hydrogen-bond donors (Lipinski definition) is 3. The van der Waals surface area contributed by atoms with E-state index in [1.807, 2.05) is 25.1 Å². The fourth-order valence-corrected chi connectivity index (χ4v) is 2.83. The van der Waals surface area contributed by atoms with Crippen LogP contribution < -0.4 is 25.4 Å². The summed E-state index contributed by atoms with van der Waals surface area (Å²) in [6.45, 7) is 3.88. The predicted octanol–water partition coefficient (Wildman–Crippen LogP) is 4.45. The van der Waals surface area contributed by atoms with Crippen LogP contribution in [0.4, 0.5) is 5.69 Å². The molecule has 0 spiro atoms. The van der Waals surface area contributed by atoms with Crippen molar-refractivity contribution in [1.82, 2.24) is 10.6 Å². The van der Waals surface area contributed by atoms with Crippen molar-refractivity contribution in [3.8, 4) is 11.5 Å². The first-order valence-electron chi connectivity index (χ1n) is 9.84. The van der Waals surface area contributed by atoms with Crippen molar-refractivity contribution in [1.29, 1.82) is 0 Å². The summed E-state index contributed by atoms with van der Waals surface area (Å²) < 4.78 is 10.6. The lowest BCUT2D eigenvalue weighted by Gasteiger charge is -2.12. The monoisotopic (exact) mass is 560 g/mol. The van der Waals surface area contributed by atoms with E-state index in [1.54, 1.807) is 38.5 Å². The molecule has 0 aliphatic heterocycles. The van der Waals surface area contributed by atoms with Crippen molar-refractivity contribution in [3.05, 3.63) is 53.1 Å². The Labute approximate surface area is 206 Å². The molecule has 0 aliphatic rings. The molecule has 0 aliphatic carbocycles. The van der Waals surface area contributed by atoms with E-state index in [4.69, 9.17) is 21.1 Å². The first-order chi connectivity index (χ1) is 14.5. The van der Waals surface area contributed by atoms with Crippen LogP contribution in [0.2, 0.25) is 5.02 Å². The zero-order valence-corrected chi connectivity index (χ0v) is 21.1. The molecule has 1 amide bonds. The molecule has 3 N–H and O–H groups in total. The molecule has 2 rings (SSSR count). The van der Waals surface area contributed by atoms with E-state index >= 15 is 0 Å². The standard InChI is InChI=1S/C22H29ClN4O3.HI/c1-4-24-22(26-15-16-7-12-19(29-2)20(14-16)30-3)25-13-5-6-21(28)27-18-10-8-17(23)9-11-18;/h7-12,14H,4-6,13,15H2,1-3H3,(H,27,28)(H2,24,25,26);1H. The van der Waals surface area contributed by atoms with Gasteiger partial charge >= 0.3 is 0 Å². The van der Waals surface area contributed by atoms with Gasteiger partial charge in [-0.2, -0.15) is 0 Å². The number of benzene rings is 2. The van der Waals surface area contributed by atoms with E-state index in [-0.39, 0.29) is 29.9 Å². The number of guanidine groups is 1. The summed E-state index contributed by atoms with van der Waals surface area (Å²) in [5, 5.41) is 9.96. The zero-order chi connectivity index (χ0) is 21.8. The van der Waals surface area contributed by atoms with Crippen molar-refractivity contribution >= 4 is 53.1 Å². The lowest BCUT2D eigenvalue weighted by atomic mass is 10.2. The summed E-state index contributed by atoms with van der Waals surface area (Å²) >= 11 is 5.85. The SMILES string of the molecule is CCNC(=NCc1ccc(OC)c(OC)c1)NCCCC(=O)Nc1ccc(Cl)cc1.I. The van der Waals surface area contributed by atoms with Crippen LogP contribution in [0, 0.1) is 0 Å². The molecule has 0 saturated carbocycles. The minimum atomic E-state index is -0.0358. The molecular formula is C22H30ClIN4O3. The molecular weight excluding hydrogens is 531 g/mol. The quantitative estimate of drug-likeness (QED) is 0.173. The van der Waals surface area contributed by atoms with Gasteiger partial charge in [0, 0.05) is 30.2 Å². The summed E-state index contributed by atoms with van der Waals surface area (Å²) in [6.07, 6.45) is 1.09. The molecule has 0 saturated heterocycles. The summed E-state index contributed by atoms with van der Waals surface area (Å²) in [5.74, 6) is 2.03. The van der Waals surface area contributed by atoms with Gasteiger partial charge in [0.2, 0.25) is 5.91 Å². The van der Waals surface area contributed by atoms with Crippen LogP contribution in [0.25, 0.3) is 0 Å². The summed E-state index contributed by atoms with van der Waals surface area (Å²) in [6, 6.07) is 12.8. The van der Waals surface area contributed by atoms with Crippen LogP contribution >= 0.6 is 35.6 Å². The van der Waals surface area contributed by atoms with Crippen molar-refractivity contribution in [2.45, 2.75) is 26.3 Å². The molecule has 2 aromatic rings. The predicted molar refractivity (Wildman–Crippen MR) is 137 cm³/mol. The number of anilines is 1. The second-order valence-electron chi connectivity index (χ2n) is 6.47. The number of carbonyl (C=O) groups is 1. The minimum absolute atomic E-state index is 0. The number of hydrogen-bond acceptors (Lipinski definition) is 4. The van der Waals surface area contributed by atoms with Crippen LogP contribution in [-0.4, -0.2) is 39.2 Å². The first-order valence-corrected chi connectivity index (χ1v) is 10.2. The molecule has 0 bridgehead atoms. The Morgan fingerprint density at radius 3 is 2.39 bits per heavy atom. The molecule has 0 unspecified atom stereocenters. The topological polar surface area (TPSA) is 84.0 Å². The lowest BCUT2D eigenvalue weighted by Crippen LogP contribution is -2.38. The van der Waals surface area contributed by atoms with E-state index in [9.17, 15) is 4.79 Å². The highest BCUT2D eigenvalue weighted by molar-refractivity contribution is 14.0. The Hall–Kier alpha value is -2.20. The first kappa shape index (κ1) is 26.8. The smallest absolute Gasteiger partial charge is 0.224 e. The molecule has 31 heavy (non-hydrogen) atoms. The number of methoxy groups -OCH3 is 2. The van der Waals surface area contributed by atoms with Gasteiger partial charge in [-0.15, -0.1) is 24.0 Å². The Morgan fingerprint density at radius 1 is 1.03 bits per heavy atom. The maximum absolute atomic E-state index is 12.1. The average molecular weight is 561 g/mol. The van der Waals surface area contributed by atoms with Gasteiger partial charge in [0.1, 0.15) is 0 Å². The third-order valence-electron chi connectivity index (χ3n) is 4.21. The molecule has 2 aromatic carbocycles. The van der Waals surface area contributed by atoms with Gasteiger partial charge in [-0.25, -0.2) is 4.99 Å². The average Bonchev–Trinajstić information content (AvgIpc) is 2.76. The second kappa shape index (κ2) is 14.7. The van der Waals surface area contributed by atoms with E-state index in [0.717, 1.165) is 17.8 Å². The molecule has 170 valence electrons. The van der Waals surface area contributed by atoms with Gasteiger partial charge in [-0.1, -0.05) is 17.7 Å². The minimum Gasteiger partial charge on any atom is -0.493 e. The maximum Gasteiger partial charge on any atom is 0.224 e. The second-order valence-corrected chi connectivity index (χ2v) is 6.91. The van der Waals surface area contributed by atoms with Crippen LogP contribution in [0.5, 0.6) is 11.5 Å². The van der Waals surface area contributed by atoms with Crippen LogP contribution in [0.1, 0.15) is 25.3 Å². The fourth-order valence-electron chi connectivity index (χ4n) is 2.70. The van der Waals surface area contributed by atoms with Crippen molar-refractivity contribution in [2.75, 3.05) is 32.6 Å². The number of ether oxygens (including phenoxy) is 2. The molecule has 0 heterocycles. The van der Waals surface area contributed by atoms with Gasteiger partial charge in [0.05, 0.1) is 20.8 Å². The van der Waals surface area contributed by atoms with E-state index < -0.39 is 0 Å². The molecule has 9 heteroatoms. The van der Waals surface area contributed by atoms with Gasteiger partial charge in [-0.05, 0) is 55.3 Å². The largest absolute Gasteiger partial charge is 0.493 e. The Kier molecular flexibility index (Phi) is 12.8. The number of halogens is 2. The Bertz CT molecular complexity index is 847. The molecule has 7 nitrogen and oxygen atoms in total. The van der Waals surface area contributed by atoms with Gasteiger partial charge in [0.15, 0.2) is 17.5 Å². The number of aliphatic imine (C=N–C) groups is 1. The molecule has 0 atom stereocenters. The Morgan fingerprint density at radius 2 is 1.74 bits per heavy atom. The highest BCUT2D eigenvalue weighted by Gasteiger charge is 2.06. The third-order valence-corrected chi connectivity index (χ3v) is 4.46. The van der Waals surface area contributed by atoms with E-state index in [2.05, 4.69) is 20.9 Å². The normalized spacial score (nSPS) is 10.6. The summed E-state index contributed by atoms with van der Waals surface area (Å²) in [4.78, 5) is 16.6. The molecule has 0 fully saturated rings. The van der Waals surface area contributed by atoms with Gasteiger partial charge in [0.25, 0.3) is 0 Å². The van der Waals surface area contributed by atoms with Crippen LogP contribution in [0.15, 0.2) is 47.5 Å². The van der Waals surface area contributed by atoms with Crippen molar-refractivity contribution < 1.29 is 14.3 Å². The number of rotatable bonds is 10. The zero-order valence-electron chi connectivity index (χ0n) is 18.0. The third kappa shape index (κ3) is 9.65. The van der Waals surface area contributed by atoms with Crippen molar-refractivity contribution in [3.63, 3.8) is 0 Å². The highest BCUT2D eigenvalue weighted by Crippen LogP contribution is 2.27. The van der Waals surface area contributed by atoms with Gasteiger partial charge < -0.3 is 25.4 Å². The van der Waals surface area contributed by atoms with E-state index in [1.165, 1.54) is 0 Å². The van der Waals surface area contributed by atoms with Crippen LogP contribution in [0.3, 0.4) is 0 Å². The van der Waals surface area contributed by atoms with Crippen LogP contribution in [-0.2, 0) is 11.3 Å². The Balaban J connectivity index is 0.00000480. The summed E-state index contributed by atoms with van der Waals surface area (Å²) in [5.41, 5.74) is 1.74. The highest BCUT2D eigenvalue weighted by atomic mass is 127. The number of nitrogens with zero attached hydrogens (tertiary/aromatic N) is 1. The number of nitrogens with one attached hydrogen (secondary N) is 3. The molecule has 0 aromatic heterocycles. The summed E-state index contributed by atoms with van der Waals surface area (Å²) in [7, 11) is 3.22. The fraction of sp³-hybridized carbons (Fsp3) is 0.364.